The molecule has 2 aliphatic rings. The van der Waals surface area contributed by atoms with Gasteiger partial charge in [0.05, 0.1) is 12.8 Å². The highest BCUT2D eigenvalue weighted by molar-refractivity contribution is 7.88. The van der Waals surface area contributed by atoms with E-state index in [9.17, 15) is 8.42 Å². The third-order valence-corrected chi connectivity index (χ3v) is 7.25. The van der Waals surface area contributed by atoms with E-state index in [0.29, 0.717) is 25.6 Å². The molecule has 1 aromatic carbocycles. The summed E-state index contributed by atoms with van der Waals surface area (Å²) in [6.45, 7) is 5.65. The standard InChI is InChI=1S/C19H27N5O2S/c1-15-20-18(22-21-15)12-23-10-17-11-24(27(2,25)26)14-19(17,13-23)9-8-16-6-4-3-5-7-16/h3-7,17H,8-14H2,1-2H3,(H,20,21,22)/t17-,19+/m0/s1. The molecule has 1 aromatic heterocycles. The number of aromatic amines is 1. The molecule has 7 nitrogen and oxygen atoms in total. The lowest BCUT2D eigenvalue weighted by Gasteiger charge is -2.29. The fourth-order valence-electron chi connectivity index (χ4n) is 4.67. The number of aryl methyl sites for hydroxylation is 2. The Balaban J connectivity index is 1.51. The van der Waals surface area contributed by atoms with Crippen LogP contribution in [0.3, 0.4) is 0 Å². The van der Waals surface area contributed by atoms with Crippen molar-refractivity contribution in [3.63, 3.8) is 0 Å². The number of nitrogens with one attached hydrogen (secondary N) is 1. The summed E-state index contributed by atoms with van der Waals surface area (Å²) in [5.41, 5.74) is 1.32. The Hall–Kier alpha value is -1.77. The van der Waals surface area contributed by atoms with Gasteiger partial charge >= 0.3 is 0 Å². The molecule has 0 aliphatic carbocycles. The van der Waals surface area contributed by atoms with Crippen molar-refractivity contribution in [1.82, 2.24) is 24.4 Å². The summed E-state index contributed by atoms with van der Waals surface area (Å²) in [5, 5.41) is 7.16. The molecular formula is C19H27N5O2S. The lowest BCUT2D eigenvalue weighted by molar-refractivity contribution is 0.222. The number of nitrogens with zero attached hydrogens (tertiary/aromatic N) is 4. The van der Waals surface area contributed by atoms with Crippen molar-refractivity contribution in [2.75, 3.05) is 32.4 Å². The van der Waals surface area contributed by atoms with Crippen molar-refractivity contribution in [2.45, 2.75) is 26.3 Å². The van der Waals surface area contributed by atoms with Crippen molar-refractivity contribution >= 4 is 10.0 Å². The Labute approximate surface area is 160 Å². The maximum absolute atomic E-state index is 12.1. The Morgan fingerprint density at radius 2 is 2.00 bits per heavy atom. The van der Waals surface area contributed by atoms with Crippen LogP contribution < -0.4 is 0 Å². The minimum absolute atomic E-state index is 0.00424. The van der Waals surface area contributed by atoms with Gasteiger partial charge in [-0.3, -0.25) is 10.00 Å². The van der Waals surface area contributed by atoms with Crippen LogP contribution >= 0.6 is 0 Å². The first-order valence-electron chi connectivity index (χ1n) is 9.43. The number of likely N-dealkylation sites (tertiary alicyclic amines) is 1. The molecule has 0 amide bonds. The molecule has 0 spiro atoms. The Morgan fingerprint density at radius 1 is 1.22 bits per heavy atom. The predicted molar refractivity (Wildman–Crippen MR) is 103 cm³/mol. The van der Waals surface area contributed by atoms with Gasteiger partial charge in [0.15, 0.2) is 5.82 Å². The molecule has 2 aliphatic heterocycles. The molecule has 0 unspecified atom stereocenters. The molecule has 0 bridgehead atoms. The van der Waals surface area contributed by atoms with Gasteiger partial charge in [-0.2, -0.15) is 5.10 Å². The van der Waals surface area contributed by atoms with Gasteiger partial charge in [0, 0.05) is 31.6 Å². The number of benzene rings is 1. The van der Waals surface area contributed by atoms with E-state index in [1.807, 2.05) is 13.0 Å². The molecule has 0 saturated carbocycles. The number of aromatic nitrogens is 3. The van der Waals surface area contributed by atoms with E-state index >= 15 is 0 Å². The van der Waals surface area contributed by atoms with Crippen LogP contribution in [-0.4, -0.2) is 65.2 Å². The predicted octanol–water partition coefficient (Wildman–Crippen LogP) is 1.44. The Kier molecular flexibility index (Phi) is 4.82. The van der Waals surface area contributed by atoms with Crippen molar-refractivity contribution in [1.29, 1.82) is 0 Å². The van der Waals surface area contributed by atoms with Gasteiger partial charge in [-0.15, -0.1) is 0 Å². The summed E-state index contributed by atoms with van der Waals surface area (Å²) in [7, 11) is -3.15. The zero-order valence-electron chi connectivity index (χ0n) is 15.9. The minimum Gasteiger partial charge on any atom is -0.295 e. The molecule has 2 atom stereocenters. The molecular weight excluding hydrogens is 362 g/mol. The summed E-state index contributed by atoms with van der Waals surface area (Å²) in [6, 6.07) is 10.5. The van der Waals surface area contributed by atoms with Crippen LogP contribution in [0.2, 0.25) is 0 Å². The largest absolute Gasteiger partial charge is 0.295 e. The number of H-pyrrole nitrogens is 1. The molecule has 0 radical (unpaired) electrons. The van der Waals surface area contributed by atoms with Crippen molar-refractivity contribution < 1.29 is 8.42 Å². The van der Waals surface area contributed by atoms with Crippen molar-refractivity contribution in [2.24, 2.45) is 11.3 Å². The first-order valence-corrected chi connectivity index (χ1v) is 11.3. The number of hydrogen-bond donors (Lipinski definition) is 1. The third kappa shape index (κ3) is 3.93. The first kappa shape index (κ1) is 18.6. The molecule has 3 heterocycles. The normalized spacial score (nSPS) is 26.5. The van der Waals surface area contributed by atoms with E-state index in [4.69, 9.17) is 0 Å². The smallest absolute Gasteiger partial charge is 0.211 e. The third-order valence-electron chi connectivity index (χ3n) is 6.03. The second kappa shape index (κ2) is 7.00. The summed E-state index contributed by atoms with van der Waals surface area (Å²) >= 11 is 0. The summed E-state index contributed by atoms with van der Waals surface area (Å²) in [4.78, 5) is 6.81. The Morgan fingerprint density at radius 3 is 2.67 bits per heavy atom. The van der Waals surface area contributed by atoms with Crippen LogP contribution in [0.4, 0.5) is 0 Å². The minimum atomic E-state index is -3.15. The number of rotatable bonds is 6. The molecule has 146 valence electrons. The van der Waals surface area contributed by atoms with Crippen molar-refractivity contribution in [3.05, 3.63) is 47.5 Å². The summed E-state index contributed by atoms with van der Waals surface area (Å²) in [5.74, 6) is 1.99. The lowest BCUT2D eigenvalue weighted by atomic mass is 9.76. The lowest BCUT2D eigenvalue weighted by Crippen LogP contribution is -2.36. The van der Waals surface area contributed by atoms with Crippen LogP contribution in [0.5, 0.6) is 0 Å². The van der Waals surface area contributed by atoms with E-state index in [1.165, 1.54) is 11.8 Å². The molecule has 2 aromatic rings. The van der Waals surface area contributed by atoms with Gasteiger partial charge in [-0.05, 0) is 31.2 Å². The molecule has 2 saturated heterocycles. The summed E-state index contributed by atoms with van der Waals surface area (Å²) < 4.78 is 26.0. The second-order valence-corrected chi connectivity index (χ2v) is 10.1. The monoisotopic (exact) mass is 389 g/mol. The van der Waals surface area contributed by atoms with Crippen molar-refractivity contribution in [3.8, 4) is 0 Å². The molecule has 8 heteroatoms. The number of sulfonamides is 1. The van der Waals surface area contributed by atoms with Crippen LogP contribution in [-0.2, 0) is 23.0 Å². The van der Waals surface area contributed by atoms with Gasteiger partial charge in [-0.1, -0.05) is 30.3 Å². The van der Waals surface area contributed by atoms with Crippen LogP contribution in [0.1, 0.15) is 23.6 Å². The van der Waals surface area contributed by atoms with Gasteiger partial charge in [0.2, 0.25) is 10.0 Å². The highest BCUT2D eigenvalue weighted by Gasteiger charge is 2.53. The van der Waals surface area contributed by atoms with Gasteiger partial charge in [0.25, 0.3) is 0 Å². The second-order valence-electron chi connectivity index (χ2n) is 8.11. The zero-order valence-corrected chi connectivity index (χ0v) is 16.7. The maximum atomic E-state index is 12.1. The van der Waals surface area contributed by atoms with Gasteiger partial charge in [0.1, 0.15) is 5.82 Å². The molecule has 2 fully saturated rings. The quantitative estimate of drug-likeness (QED) is 0.808. The SMILES string of the molecule is Cc1nc(CN2C[C@H]3CN(S(C)(=O)=O)C[C@@]3(CCc3ccccc3)C2)n[nH]1. The van der Waals surface area contributed by atoms with Gasteiger partial charge in [-0.25, -0.2) is 17.7 Å². The van der Waals surface area contributed by atoms with Gasteiger partial charge < -0.3 is 0 Å². The molecule has 1 N–H and O–H groups in total. The fraction of sp³-hybridized carbons (Fsp3) is 0.579. The molecule has 27 heavy (non-hydrogen) atoms. The number of hydrogen-bond acceptors (Lipinski definition) is 5. The Bertz CT molecular complexity index is 898. The summed E-state index contributed by atoms with van der Waals surface area (Å²) in [6.07, 6.45) is 3.30. The average Bonchev–Trinajstić information content (AvgIpc) is 3.26. The van der Waals surface area contributed by atoms with E-state index in [1.54, 1.807) is 4.31 Å². The average molecular weight is 390 g/mol. The zero-order chi connectivity index (χ0) is 19.1. The van der Waals surface area contributed by atoms with Crippen LogP contribution in [0, 0.1) is 18.3 Å². The van der Waals surface area contributed by atoms with E-state index in [2.05, 4.69) is 44.3 Å². The number of fused-ring (bicyclic) bond motifs is 1. The maximum Gasteiger partial charge on any atom is 0.211 e. The first-order chi connectivity index (χ1) is 12.8. The van der Waals surface area contributed by atoms with E-state index in [0.717, 1.165) is 37.6 Å². The fourth-order valence-corrected chi connectivity index (χ4v) is 5.61. The molecule has 4 rings (SSSR count). The van der Waals surface area contributed by atoms with E-state index < -0.39 is 10.0 Å². The van der Waals surface area contributed by atoms with Crippen LogP contribution in [0.25, 0.3) is 0 Å². The highest BCUT2D eigenvalue weighted by Crippen LogP contribution is 2.46. The van der Waals surface area contributed by atoms with Crippen LogP contribution in [0.15, 0.2) is 30.3 Å². The van der Waals surface area contributed by atoms with E-state index in [-0.39, 0.29) is 5.41 Å². The highest BCUT2D eigenvalue weighted by atomic mass is 32.2. The topological polar surface area (TPSA) is 82.2 Å².